The highest BCUT2D eigenvalue weighted by Crippen LogP contribution is 2.59. The van der Waals surface area contributed by atoms with Crippen molar-refractivity contribution in [1.82, 2.24) is 0 Å². The van der Waals surface area contributed by atoms with Crippen LogP contribution >= 0.6 is 0 Å². The molecule has 2 nitrogen and oxygen atoms in total. The molecular weight excluding hydrogens is 713 g/mol. The summed E-state index contributed by atoms with van der Waals surface area (Å²) in [6, 6.07) is 55.4. The fourth-order valence-electron chi connectivity index (χ4n) is 11.6. The predicted molar refractivity (Wildman–Crippen MR) is 247 cm³/mol. The standard InChI is InChI=1S/C57H48N2/c1-55(2)47-21-13-10-18-39(47)41-27-24-36(30-49(41)55)58(35-16-8-7-9-17-35)37-25-29-43-45-33-46-44-20-12-15-23-53(44)59(54(46)34-52(45)57(5,6)51(43)31-37)38-26-28-42-40-19-11-14-22-48(40)56(3,4)50(42)32-38/h7-19,21-34,44H,20H2,1-6H3. The Bertz CT molecular complexity index is 3010. The van der Waals surface area contributed by atoms with Gasteiger partial charge in [0, 0.05) is 50.6 Å². The van der Waals surface area contributed by atoms with Crippen LogP contribution in [0.25, 0.3) is 33.4 Å². The molecule has 1 unspecified atom stereocenters. The summed E-state index contributed by atoms with van der Waals surface area (Å²) in [7, 11) is 0. The minimum absolute atomic E-state index is 0.0569. The summed E-state index contributed by atoms with van der Waals surface area (Å²) < 4.78 is 0. The molecule has 286 valence electrons. The van der Waals surface area contributed by atoms with E-state index in [2.05, 4.69) is 215 Å². The van der Waals surface area contributed by atoms with Crippen LogP contribution in [0.15, 0.2) is 170 Å². The smallest absolute Gasteiger partial charge is 0.0501 e. The number of allylic oxidation sites excluding steroid dienone is 4. The first kappa shape index (κ1) is 34.6. The Morgan fingerprint density at radius 3 is 1.61 bits per heavy atom. The Hall–Kier alpha value is -6.38. The number of benzene rings is 7. The molecule has 2 heteroatoms. The summed E-state index contributed by atoms with van der Waals surface area (Å²) in [6.07, 6.45) is 7.97. The lowest BCUT2D eigenvalue weighted by molar-refractivity contribution is 0.660. The van der Waals surface area contributed by atoms with Gasteiger partial charge in [-0.3, -0.25) is 0 Å². The van der Waals surface area contributed by atoms with E-state index in [0.29, 0.717) is 5.92 Å². The summed E-state index contributed by atoms with van der Waals surface area (Å²) >= 11 is 0. The molecule has 0 saturated carbocycles. The fourth-order valence-corrected chi connectivity index (χ4v) is 11.6. The van der Waals surface area contributed by atoms with Crippen molar-refractivity contribution in [3.63, 3.8) is 0 Å². The molecule has 4 aliphatic carbocycles. The fraction of sp³-hybridized carbons (Fsp3) is 0.193. The molecule has 0 fully saturated rings. The van der Waals surface area contributed by atoms with Crippen LogP contribution in [0.3, 0.4) is 0 Å². The Morgan fingerprint density at radius 1 is 0.458 bits per heavy atom. The van der Waals surface area contributed by atoms with Gasteiger partial charge in [0.15, 0.2) is 0 Å². The van der Waals surface area contributed by atoms with E-state index < -0.39 is 0 Å². The molecule has 7 aromatic rings. The van der Waals surface area contributed by atoms with E-state index >= 15 is 0 Å². The zero-order valence-electron chi connectivity index (χ0n) is 34.8. The second-order valence-electron chi connectivity index (χ2n) is 18.9. The Labute approximate surface area is 348 Å². The summed E-state index contributed by atoms with van der Waals surface area (Å²) in [4.78, 5) is 5.04. The van der Waals surface area contributed by atoms with Crippen LogP contribution < -0.4 is 9.80 Å². The molecule has 0 spiro atoms. The lowest BCUT2D eigenvalue weighted by Crippen LogP contribution is -2.19. The van der Waals surface area contributed by atoms with E-state index in [0.717, 1.165) is 12.1 Å². The lowest BCUT2D eigenvalue weighted by atomic mass is 9.81. The van der Waals surface area contributed by atoms with Crippen molar-refractivity contribution < 1.29 is 0 Å². The number of hydrogen-bond donors (Lipinski definition) is 0. The van der Waals surface area contributed by atoms with E-state index in [4.69, 9.17) is 0 Å². The summed E-state index contributed by atoms with van der Waals surface area (Å²) in [6.45, 7) is 14.4. The second kappa shape index (κ2) is 11.9. The molecule has 59 heavy (non-hydrogen) atoms. The molecule has 0 radical (unpaired) electrons. The first-order chi connectivity index (χ1) is 28.5. The van der Waals surface area contributed by atoms with Crippen LogP contribution in [0.5, 0.6) is 0 Å². The Morgan fingerprint density at radius 2 is 0.966 bits per heavy atom. The normalized spacial score (nSPS) is 18.5. The van der Waals surface area contributed by atoms with Crippen molar-refractivity contribution in [1.29, 1.82) is 0 Å². The van der Waals surface area contributed by atoms with Crippen molar-refractivity contribution in [3.8, 4) is 33.4 Å². The van der Waals surface area contributed by atoms with Gasteiger partial charge in [0.05, 0.1) is 5.69 Å². The molecular formula is C57H48N2. The van der Waals surface area contributed by atoms with Crippen LogP contribution in [0.2, 0.25) is 0 Å². The van der Waals surface area contributed by atoms with Crippen LogP contribution in [-0.4, -0.2) is 0 Å². The average molecular weight is 761 g/mol. The Kier molecular flexibility index (Phi) is 6.96. The van der Waals surface area contributed by atoms with E-state index in [1.165, 1.54) is 101 Å². The maximum absolute atomic E-state index is 2.58. The summed E-state index contributed by atoms with van der Waals surface area (Å²) in [5.74, 6) is 0.328. The van der Waals surface area contributed by atoms with E-state index in [1.54, 1.807) is 0 Å². The number of nitrogens with zero attached hydrogens (tertiary/aromatic N) is 2. The van der Waals surface area contributed by atoms with E-state index in [-0.39, 0.29) is 16.2 Å². The third kappa shape index (κ3) is 4.63. The largest absolute Gasteiger partial charge is 0.313 e. The number of anilines is 5. The number of rotatable bonds is 4. The van der Waals surface area contributed by atoms with Gasteiger partial charge in [0.25, 0.3) is 0 Å². The lowest BCUT2D eigenvalue weighted by Gasteiger charge is -2.30. The SMILES string of the molecule is CC1(C)c2ccccc2-c2ccc(N3C4=CC=CCC4c4cc5c(cc43)C(C)(C)c3cc(N(c4ccccc4)c4ccc6c(c4)C(C)(C)c4ccccc4-6)ccc3-5)cc21. The molecule has 1 heterocycles. The minimum atomic E-state index is -0.201. The molecule has 5 aliphatic rings. The molecule has 0 bridgehead atoms. The van der Waals surface area contributed by atoms with Gasteiger partial charge in [0.1, 0.15) is 0 Å². The van der Waals surface area contributed by atoms with Crippen molar-refractivity contribution in [2.45, 2.75) is 70.1 Å². The van der Waals surface area contributed by atoms with Crippen molar-refractivity contribution in [2.24, 2.45) is 0 Å². The molecule has 0 N–H and O–H groups in total. The van der Waals surface area contributed by atoms with E-state index in [9.17, 15) is 0 Å². The predicted octanol–water partition coefficient (Wildman–Crippen LogP) is 15.2. The highest BCUT2D eigenvalue weighted by Gasteiger charge is 2.43. The van der Waals surface area contributed by atoms with E-state index in [1.807, 2.05) is 0 Å². The summed E-state index contributed by atoms with van der Waals surface area (Å²) in [5.41, 5.74) is 25.1. The molecule has 12 rings (SSSR count). The van der Waals surface area contributed by atoms with Gasteiger partial charge in [-0.25, -0.2) is 0 Å². The molecule has 0 aromatic heterocycles. The van der Waals surface area contributed by atoms with Crippen molar-refractivity contribution >= 4 is 28.4 Å². The maximum atomic E-state index is 2.58. The zero-order chi connectivity index (χ0) is 40.0. The number of para-hydroxylation sites is 1. The third-order valence-electron chi connectivity index (χ3n) is 14.7. The van der Waals surface area contributed by atoms with Gasteiger partial charge in [-0.2, -0.15) is 0 Å². The van der Waals surface area contributed by atoms with Crippen LogP contribution in [0.4, 0.5) is 28.4 Å². The number of fused-ring (bicyclic) bond motifs is 12. The van der Waals surface area contributed by atoms with Gasteiger partial charge in [-0.1, -0.05) is 139 Å². The number of hydrogen-bond acceptors (Lipinski definition) is 2. The molecule has 0 amide bonds. The maximum Gasteiger partial charge on any atom is 0.0501 e. The van der Waals surface area contributed by atoms with Crippen LogP contribution in [0.1, 0.15) is 92.8 Å². The van der Waals surface area contributed by atoms with Gasteiger partial charge >= 0.3 is 0 Å². The van der Waals surface area contributed by atoms with Gasteiger partial charge in [-0.15, -0.1) is 0 Å². The summed E-state index contributed by atoms with van der Waals surface area (Å²) in [5, 5.41) is 0. The topological polar surface area (TPSA) is 6.48 Å². The molecule has 0 saturated heterocycles. The molecule has 1 aliphatic heterocycles. The highest BCUT2D eigenvalue weighted by atomic mass is 15.2. The quantitative estimate of drug-likeness (QED) is 0.176. The monoisotopic (exact) mass is 760 g/mol. The Balaban J connectivity index is 0.976. The minimum Gasteiger partial charge on any atom is -0.313 e. The highest BCUT2D eigenvalue weighted by molar-refractivity contribution is 5.92. The average Bonchev–Trinajstić information content (AvgIpc) is 3.86. The molecule has 7 aromatic carbocycles. The van der Waals surface area contributed by atoms with Gasteiger partial charge in [-0.05, 0) is 145 Å². The van der Waals surface area contributed by atoms with Crippen molar-refractivity contribution in [2.75, 3.05) is 9.80 Å². The van der Waals surface area contributed by atoms with Crippen molar-refractivity contribution in [3.05, 3.63) is 208 Å². The first-order valence-electron chi connectivity index (χ1n) is 21.4. The van der Waals surface area contributed by atoms with Crippen LogP contribution in [-0.2, 0) is 16.2 Å². The molecule has 1 atom stereocenters. The van der Waals surface area contributed by atoms with Gasteiger partial charge in [0.2, 0.25) is 0 Å². The van der Waals surface area contributed by atoms with Crippen LogP contribution in [0, 0.1) is 0 Å². The van der Waals surface area contributed by atoms with Gasteiger partial charge < -0.3 is 9.80 Å². The third-order valence-corrected chi connectivity index (χ3v) is 14.7. The zero-order valence-corrected chi connectivity index (χ0v) is 34.8. The first-order valence-corrected chi connectivity index (χ1v) is 21.4. The second-order valence-corrected chi connectivity index (χ2v) is 18.9.